The van der Waals surface area contributed by atoms with Gasteiger partial charge in [-0.3, -0.25) is 9.59 Å². The minimum atomic E-state index is -1.07. The van der Waals surface area contributed by atoms with Gasteiger partial charge in [-0.1, -0.05) is 11.6 Å². The van der Waals surface area contributed by atoms with Crippen molar-refractivity contribution in [3.63, 3.8) is 0 Å². The summed E-state index contributed by atoms with van der Waals surface area (Å²) in [4.78, 5) is 24.8. The highest BCUT2D eigenvalue weighted by Gasteiger charge is 2.40. The van der Waals surface area contributed by atoms with Crippen molar-refractivity contribution in [2.24, 2.45) is 5.41 Å². The monoisotopic (exact) mass is 317 g/mol. The fourth-order valence-electron chi connectivity index (χ4n) is 2.44. The molecule has 1 heterocycles. The molecule has 1 amide bonds. The van der Waals surface area contributed by atoms with E-state index >= 15 is 0 Å². The highest BCUT2D eigenvalue weighted by Crippen LogP contribution is 2.31. The van der Waals surface area contributed by atoms with Gasteiger partial charge in [-0.05, 0) is 31.9 Å². The van der Waals surface area contributed by atoms with E-state index < -0.39 is 39.5 Å². The van der Waals surface area contributed by atoms with Crippen LogP contribution < -0.4 is 0 Å². The first kappa shape index (κ1) is 15.7. The van der Waals surface area contributed by atoms with E-state index in [1.807, 2.05) is 0 Å². The van der Waals surface area contributed by atoms with Gasteiger partial charge >= 0.3 is 5.97 Å². The molecular weight excluding hydrogens is 304 g/mol. The van der Waals surface area contributed by atoms with E-state index in [9.17, 15) is 23.5 Å². The number of carboxylic acid groups (broad SMARTS) is 1. The average Bonchev–Trinajstić information content (AvgIpc) is 2.42. The van der Waals surface area contributed by atoms with Crippen LogP contribution in [-0.4, -0.2) is 35.0 Å². The number of piperidine rings is 1. The molecular formula is C14H14ClF2NO3. The van der Waals surface area contributed by atoms with Crippen molar-refractivity contribution in [1.82, 2.24) is 4.90 Å². The highest BCUT2D eigenvalue weighted by molar-refractivity contribution is 6.30. The molecule has 0 saturated carbocycles. The molecule has 7 heteroatoms. The summed E-state index contributed by atoms with van der Waals surface area (Å²) in [6.07, 6.45) is 0.926. The zero-order valence-corrected chi connectivity index (χ0v) is 12.1. The normalized spacial score (nSPS) is 22.2. The van der Waals surface area contributed by atoms with E-state index in [0.29, 0.717) is 19.4 Å². The molecule has 114 valence electrons. The third-order valence-electron chi connectivity index (χ3n) is 3.74. The van der Waals surface area contributed by atoms with Gasteiger partial charge in [-0.2, -0.15) is 0 Å². The van der Waals surface area contributed by atoms with Crippen molar-refractivity contribution < 1.29 is 23.5 Å². The largest absolute Gasteiger partial charge is 0.481 e. The number of carboxylic acids is 1. The lowest BCUT2D eigenvalue weighted by Gasteiger charge is -2.37. The van der Waals surface area contributed by atoms with Crippen LogP contribution in [0.3, 0.4) is 0 Å². The number of likely N-dealkylation sites (tertiary alicyclic amines) is 1. The minimum absolute atomic E-state index is 0.0369. The van der Waals surface area contributed by atoms with Crippen LogP contribution in [0.2, 0.25) is 5.02 Å². The number of nitrogens with zero attached hydrogens (tertiary/aromatic N) is 1. The Morgan fingerprint density at radius 2 is 2.00 bits per heavy atom. The molecule has 1 aromatic carbocycles. The Morgan fingerprint density at radius 1 is 1.33 bits per heavy atom. The number of hydrogen-bond acceptors (Lipinski definition) is 2. The molecule has 1 N–H and O–H groups in total. The highest BCUT2D eigenvalue weighted by atomic mass is 35.5. The lowest BCUT2D eigenvalue weighted by atomic mass is 9.82. The second-order valence-electron chi connectivity index (χ2n) is 5.44. The summed E-state index contributed by atoms with van der Waals surface area (Å²) in [6.45, 7) is 1.81. The fourth-order valence-corrected chi connectivity index (χ4v) is 2.59. The van der Waals surface area contributed by atoms with Crippen LogP contribution in [0.1, 0.15) is 30.1 Å². The lowest BCUT2D eigenvalue weighted by Crippen LogP contribution is -2.48. The zero-order chi connectivity index (χ0) is 15.8. The van der Waals surface area contributed by atoms with Crippen molar-refractivity contribution in [1.29, 1.82) is 0 Å². The van der Waals surface area contributed by atoms with E-state index in [1.165, 1.54) is 11.8 Å². The summed E-state index contributed by atoms with van der Waals surface area (Å²) in [5.74, 6) is -3.55. The van der Waals surface area contributed by atoms with Crippen LogP contribution >= 0.6 is 11.6 Å². The molecule has 21 heavy (non-hydrogen) atoms. The van der Waals surface area contributed by atoms with Crippen LogP contribution in [0, 0.1) is 17.0 Å². The van der Waals surface area contributed by atoms with Crippen molar-refractivity contribution in [3.8, 4) is 0 Å². The number of amides is 1. The first-order valence-electron chi connectivity index (χ1n) is 6.42. The fraction of sp³-hybridized carbons (Fsp3) is 0.429. The van der Waals surface area contributed by atoms with Gasteiger partial charge in [0.15, 0.2) is 0 Å². The van der Waals surface area contributed by atoms with E-state index in [2.05, 4.69) is 0 Å². The predicted molar refractivity (Wildman–Crippen MR) is 72.2 cm³/mol. The molecule has 1 saturated heterocycles. The Morgan fingerprint density at radius 3 is 2.62 bits per heavy atom. The number of aliphatic carboxylic acids is 1. The third-order valence-corrected chi connectivity index (χ3v) is 4.03. The SMILES string of the molecule is CC1(C(=O)O)CCCN(C(=O)c2cc(F)c(Cl)cc2F)C1. The van der Waals surface area contributed by atoms with Crippen molar-refractivity contribution in [2.45, 2.75) is 19.8 Å². The second-order valence-corrected chi connectivity index (χ2v) is 5.85. The van der Waals surface area contributed by atoms with Crippen molar-refractivity contribution in [3.05, 3.63) is 34.4 Å². The molecule has 1 aliphatic rings. The van der Waals surface area contributed by atoms with Crippen LogP contribution in [0.5, 0.6) is 0 Å². The summed E-state index contributed by atoms with van der Waals surface area (Å²) < 4.78 is 27.2. The van der Waals surface area contributed by atoms with E-state index in [0.717, 1.165) is 12.1 Å². The maximum atomic E-state index is 13.8. The van der Waals surface area contributed by atoms with Crippen LogP contribution in [0.4, 0.5) is 8.78 Å². The quantitative estimate of drug-likeness (QED) is 0.853. The maximum Gasteiger partial charge on any atom is 0.311 e. The van der Waals surface area contributed by atoms with Gasteiger partial charge in [0.2, 0.25) is 0 Å². The first-order chi connectivity index (χ1) is 9.74. The Kier molecular flexibility index (Phi) is 4.18. The number of halogens is 3. The standard InChI is InChI=1S/C14H14ClF2NO3/c1-14(13(20)21)3-2-4-18(7-14)12(19)8-5-11(17)9(15)6-10(8)16/h5-6H,2-4,7H2,1H3,(H,20,21). The Balaban J connectivity index is 2.28. The third kappa shape index (κ3) is 3.00. The molecule has 4 nitrogen and oxygen atoms in total. The van der Waals surface area contributed by atoms with Crippen molar-refractivity contribution >= 4 is 23.5 Å². The second kappa shape index (κ2) is 5.60. The smallest absolute Gasteiger partial charge is 0.311 e. The summed E-state index contributed by atoms with van der Waals surface area (Å²) >= 11 is 5.45. The predicted octanol–water partition coefficient (Wildman–Crippen LogP) is 2.95. The first-order valence-corrected chi connectivity index (χ1v) is 6.79. The van der Waals surface area contributed by atoms with Crippen LogP contribution in [-0.2, 0) is 4.79 Å². The van der Waals surface area contributed by atoms with Crippen molar-refractivity contribution in [2.75, 3.05) is 13.1 Å². The molecule has 1 aromatic rings. The number of carbonyl (C=O) groups excluding carboxylic acids is 1. The van der Waals surface area contributed by atoms with Crippen LogP contribution in [0.25, 0.3) is 0 Å². The van der Waals surface area contributed by atoms with Gasteiger partial charge < -0.3 is 10.0 Å². The molecule has 2 rings (SSSR count). The molecule has 0 aliphatic carbocycles. The molecule has 0 radical (unpaired) electrons. The Bertz CT molecular complexity index is 608. The molecule has 1 unspecified atom stereocenters. The van der Waals surface area contributed by atoms with E-state index in [1.54, 1.807) is 0 Å². The van der Waals surface area contributed by atoms with Crippen LogP contribution in [0.15, 0.2) is 12.1 Å². The zero-order valence-electron chi connectivity index (χ0n) is 11.3. The molecule has 0 aromatic heterocycles. The molecule has 0 bridgehead atoms. The van der Waals surface area contributed by atoms with Gasteiger partial charge in [-0.25, -0.2) is 8.78 Å². The Labute approximate surface area is 125 Å². The van der Waals surface area contributed by atoms with Gasteiger partial charge in [0.05, 0.1) is 16.0 Å². The topological polar surface area (TPSA) is 57.6 Å². The van der Waals surface area contributed by atoms with E-state index in [-0.39, 0.29) is 6.54 Å². The summed E-state index contributed by atoms with van der Waals surface area (Å²) in [5.41, 5.74) is -1.51. The summed E-state index contributed by atoms with van der Waals surface area (Å²) in [7, 11) is 0. The lowest BCUT2D eigenvalue weighted by molar-refractivity contribution is -0.150. The Hall–Kier alpha value is -1.69. The maximum absolute atomic E-state index is 13.8. The van der Waals surface area contributed by atoms with Gasteiger partial charge in [0.25, 0.3) is 5.91 Å². The van der Waals surface area contributed by atoms with E-state index in [4.69, 9.17) is 11.6 Å². The summed E-state index contributed by atoms with van der Waals surface area (Å²) in [5, 5.41) is 8.81. The summed E-state index contributed by atoms with van der Waals surface area (Å²) in [6, 6.07) is 1.48. The molecule has 1 atom stereocenters. The minimum Gasteiger partial charge on any atom is -0.481 e. The molecule has 0 spiro atoms. The molecule has 1 aliphatic heterocycles. The van der Waals surface area contributed by atoms with Gasteiger partial charge in [-0.15, -0.1) is 0 Å². The number of rotatable bonds is 2. The average molecular weight is 318 g/mol. The number of hydrogen-bond donors (Lipinski definition) is 1. The molecule has 1 fully saturated rings. The van der Waals surface area contributed by atoms with Gasteiger partial charge in [0, 0.05) is 13.1 Å². The van der Waals surface area contributed by atoms with Gasteiger partial charge in [0.1, 0.15) is 11.6 Å². The number of benzene rings is 1. The number of carbonyl (C=O) groups is 2.